The number of ether oxygens (including phenoxy) is 1. The number of Topliss-reactive ketones (excluding diaryl/α,β-unsaturated/α-hetero) is 1. The maximum Gasteiger partial charge on any atom is 0.410 e. The molecule has 18 heavy (non-hydrogen) atoms. The van der Waals surface area contributed by atoms with Crippen LogP contribution in [0.1, 0.15) is 40.5 Å². The van der Waals surface area contributed by atoms with Gasteiger partial charge in [-0.2, -0.15) is 0 Å². The number of rotatable bonds is 1. The standard InChI is InChI=1S/C13H20FNO3/c1-9(16)11(14)10-6-5-7-15(8-10)12(17)18-13(2,3)4/h5-8H2,1-4H3/b11-10-. The Balaban J connectivity index is 2.73. The van der Waals surface area contributed by atoms with Gasteiger partial charge in [-0.1, -0.05) is 0 Å². The number of nitrogens with zero attached hydrogens (tertiary/aromatic N) is 1. The van der Waals surface area contributed by atoms with E-state index in [0.29, 0.717) is 25.0 Å². The van der Waals surface area contributed by atoms with Crippen LogP contribution in [0, 0.1) is 0 Å². The van der Waals surface area contributed by atoms with Gasteiger partial charge in [0, 0.05) is 20.0 Å². The van der Waals surface area contributed by atoms with Crippen LogP contribution >= 0.6 is 0 Å². The van der Waals surface area contributed by atoms with E-state index in [-0.39, 0.29) is 6.54 Å². The maximum atomic E-state index is 13.5. The highest BCUT2D eigenvalue weighted by atomic mass is 19.1. The van der Waals surface area contributed by atoms with Gasteiger partial charge in [-0.05, 0) is 39.2 Å². The summed E-state index contributed by atoms with van der Waals surface area (Å²) >= 11 is 0. The fourth-order valence-corrected chi connectivity index (χ4v) is 1.78. The van der Waals surface area contributed by atoms with E-state index in [4.69, 9.17) is 4.74 Å². The van der Waals surface area contributed by atoms with Crippen molar-refractivity contribution in [3.05, 3.63) is 11.4 Å². The lowest BCUT2D eigenvalue weighted by Crippen LogP contribution is -2.40. The Morgan fingerprint density at radius 3 is 2.44 bits per heavy atom. The summed E-state index contributed by atoms with van der Waals surface area (Å²) in [5, 5.41) is 0. The molecule has 1 fully saturated rings. The SMILES string of the molecule is CC(=O)/C(F)=C1\CCCN(C(=O)OC(C)(C)C)C1. The van der Waals surface area contributed by atoms with E-state index in [1.54, 1.807) is 20.8 Å². The fourth-order valence-electron chi connectivity index (χ4n) is 1.78. The minimum absolute atomic E-state index is 0.139. The Hall–Kier alpha value is -1.39. The molecular weight excluding hydrogens is 237 g/mol. The summed E-state index contributed by atoms with van der Waals surface area (Å²) in [7, 11) is 0. The van der Waals surface area contributed by atoms with E-state index in [0.717, 1.165) is 0 Å². The minimum atomic E-state index is -0.719. The van der Waals surface area contributed by atoms with Crippen molar-refractivity contribution in [2.75, 3.05) is 13.1 Å². The molecule has 0 saturated carbocycles. The molecule has 1 saturated heterocycles. The normalized spacial score (nSPS) is 19.5. The molecule has 5 heteroatoms. The van der Waals surface area contributed by atoms with Crippen molar-refractivity contribution in [1.82, 2.24) is 4.90 Å². The Morgan fingerprint density at radius 2 is 1.94 bits per heavy atom. The van der Waals surface area contributed by atoms with Gasteiger partial charge in [0.1, 0.15) is 5.60 Å². The van der Waals surface area contributed by atoms with E-state index >= 15 is 0 Å². The van der Waals surface area contributed by atoms with Crippen molar-refractivity contribution < 1.29 is 18.7 Å². The third kappa shape index (κ3) is 4.13. The summed E-state index contributed by atoms with van der Waals surface area (Å²) in [5.41, 5.74) is -0.183. The molecular formula is C13H20FNO3. The van der Waals surface area contributed by atoms with E-state index in [2.05, 4.69) is 0 Å². The molecule has 0 atom stereocenters. The summed E-state index contributed by atoms with van der Waals surface area (Å²) in [4.78, 5) is 24.2. The number of hydrogen-bond donors (Lipinski definition) is 0. The number of allylic oxidation sites excluding steroid dienone is 1. The van der Waals surface area contributed by atoms with Crippen LogP contribution in [0.15, 0.2) is 11.4 Å². The van der Waals surface area contributed by atoms with E-state index in [9.17, 15) is 14.0 Å². The second-order valence-electron chi connectivity index (χ2n) is 5.48. The van der Waals surface area contributed by atoms with Crippen molar-refractivity contribution in [3.63, 3.8) is 0 Å². The van der Waals surface area contributed by atoms with Gasteiger partial charge in [0.25, 0.3) is 0 Å². The number of likely N-dealkylation sites (tertiary alicyclic amines) is 1. The van der Waals surface area contributed by atoms with Crippen LogP contribution in [-0.4, -0.2) is 35.5 Å². The van der Waals surface area contributed by atoms with Gasteiger partial charge in [-0.25, -0.2) is 9.18 Å². The smallest absolute Gasteiger partial charge is 0.410 e. The average molecular weight is 257 g/mol. The second kappa shape index (κ2) is 5.50. The van der Waals surface area contributed by atoms with E-state index in [1.165, 1.54) is 11.8 Å². The van der Waals surface area contributed by atoms with Crippen LogP contribution in [0.4, 0.5) is 9.18 Å². The van der Waals surface area contributed by atoms with Gasteiger partial charge in [-0.15, -0.1) is 0 Å². The highest BCUT2D eigenvalue weighted by Gasteiger charge is 2.27. The molecule has 0 aromatic rings. The highest BCUT2D eigenvalue weighted by molar-refractivity contribution is 5.91. The van der Waals surface area contributed by atoms with Gasteiger partial charge < -0.3 is 9.64 Å². The van der Waals surface area contributed by atoms with Crippen molar-refractivity contribution in [1.29, 1.82) is 0 Å². The first kappa shape index (κ1) is 14.7. The summed E-state index contributed by atoms with van der Waals surface area (Å²) in [6.45, 7) is 7.20. The zero-order valence-electron chi connectivity index (χ0n) is 11.4. The number of carbonyl (C=O) groups excluding carboxylic acids is 2. The lowest BCUT2D eigenvalue weighted by Gasteiger charge is -2.31. The first-order valence-corrected chi connectivity index (χ1v) is 6.07. The summed E-state index contributed by atoms with van der Waals surface area (Å²) < 4.78 is 18.8. The molecule has 0 bridgehead atoms. The van der Waals surface area contributed by atoms with Crippen molar-refractivity contribution in [2.45, 2.75) is 46.1 Å². The van der Waals surface area contributed by atoms with Gasteiger partial charge in [0.15, 0.2) is 11.6 Å². The number of amides is 1. The first-order valence-electron chi connectivity index (χ1n) is 6.07. The number of halogens is 1. The molecule has 0 N–H and O–H groups in total. The van der Waals surface area contributed by atoms with Crippen molar-refractivity contribution >= 4 is 11.9 Å². The highest BCUT2D eigenvalue weighted by Crippen LogP contribution is 2.22. The number of hydrogen-bond acceptors (Lipinski definition) is 3. The molecule has 0 aliphatic carbocycles. The summed E-state index contributed by atoms with van der Waals surface area (Å²) in [6.07, 6.45) is 0.705. The zero-order valence-corrected chi connectivity index (χ0v) is 11.4. The van der Waals surface area contributed by atoms with Crippen LogP contribution in [0.5, 0.6) is 0 Å². The van der Waals surface area contributed by atoms with Crippen LogP contribution in [0.2, 0.25) is 0 Å². The Kier molecular flexibility index (Phi) is 4.48. The Labute approximate surface area is 107 Å². The predicted octanol–water partition coefficient (Wildman–Crippen LogP) is 2.83. The first-order chi connectivity index (χ1) is 8.20. The molecule has 4 nitrogen and oxygen atoms in total. The average Bonchev–Trinajstić information content (AvgIpc) is 2.25. The lowest BCUT2D eigenvalue weighted by atomic mass is 10.0. The quantitative estimate of drug-likeness (QED) is 0.679. The maximum absolute atomic E-state index is 13.5. The van der Waals surface area contributed by atoms with Crippen LogP contribution in [-0.2, 0) is 9.53 Å². The number of carbonyl (C=O) groups is 2. The van der Waals surface area contributed by atoms with Crippen LogP contribution in [0.3, 0.4) is 0 Å². The predicted molar refractivity (Wildman–Crippen MR) is 65.9 cm³/mol. The molecule has 1 amide bonds. The summed E-state index contributed by atoms with van der Waals surface area (Å²) in [6, 6.07) is 0. The Bertz CT molecular complexity index is 382. The van der Waals surface area contributed by atoms with Gasteiger partial charge >= 0.3 is 6.09 Å². The van der Waals surface area contributed by atoms with E-state index < -0.39 is 23.3 Å². The van der Waals surface area contributed by atoms with Crippen molar-refractivity contribution in [2.24, 2.45) is 0 Å². The zero-order chi connectivity index (χ0) is 13.9. The molecule has 102 valence electrons. The molecule has 0 aromatic carbocycles. The number of ketones is 1. The molecule has 0 aromatic heterocycles. The van der Waals surface area contributed by atoms with Gasteiger partial charge in [-0.3, -0.25) is 4.79 Å². The topological polar surface area (TPSA) is 46.6 Å². The Morgan fingerprint density at radius 1 is 1.33 bits per heavy atom. The third-order valence-corrected chi connectivity index (χ3v) is 2.56. The molecule has 1 aliphatic rings. The molecule has 1 rings (SSSR count). The number of piperidine rings is 1. The monoisotopic (exact) mass is 257 g/mol. The van der Waals surface area contributed by atoms with Gasteiger partial charge in [0.05, 0.1) is 0 Å². The summed E-state index contributed by atoms with van der Waals surface area (Å²) in [5.74, 6) is -1.31. The second-order valence-corrected chi connectivity index (χ2v) is 5.48. The minimum Gasteiger partial charge on any atom is -0.444 e. The van der Waals surface area contributed by atoms with Crippen LogP contribution < -0.4 is 0 Å². The van der Waals surface area contributed by atoms with Crippen molar-refractivity contribution in [3.8, 4) is 0 Å². The molecule has 0 unspecified atom stereocenters. The lowest BCUT2D eigenvalue weighted by molar-refractivity contribution is -0.115. The molecule has 1 heterocycles. The molecule has 0 radical (unpaired) electrons. The largest absolute Gasteiger partial charge is 0.444 e. The third-order valence-electron chi connectivity index (χ3n) is 2.56. The van der Waals surface area contributed by atoms with E-state index in [1.807, 2.05) is 0 Å². The van der Waals surface area contributed by atoms with Crippen LogP contribution in [0.25, 0.3) is 0 Å². The fraction of sp³-hybridized carbons (Fsp3) is 0.692. The molecule has 1 aliphatic heterocycles. The van der Waals surface area contributed by atoms with Gasteiger partial charge in [0.2, 0.25) is 0 Å². The molecule has 0 spiro atoms.